The van der Waals surface area contributed by atoms with Gasteiger partial charge in [-0.2, -0.15) is 0 Å². The third kappa shape index (κ3) is 3.52. The van der Waals surface area contributed by atoms with Crippen molar-refractivity contribution < 1.29 is 14.7 Å². The number of benzene rings is 1. The van der Waals surface area contributed by atoms with Crippen LogP contribution in [0.2, 0.25) is 5.02 Å². The highest BCUT2D eigenvalue weighted by Crippen LogP contribution is 2.32. The second-order valence-electron chi connectivity index (χ2n) is 4.95. The lowest BCUT2D eigenvalue weighted by atomic mass is 9.78. The highest BCUT2D eigenvalue weighted by Gasteiger charge is 2.35. The third-order valence-electron chi connectivity index (χ3n) is 3.61. The fourth-order valence-electron chi connectivity index (χ4n) is 2.56. The average Bonchev–Trinajstić information content (AvgIpc) is 2.42. The summed E-state index contributed by atoms with van der Waals surface area (Å²) < 4.78 is 0.802. The minimum absolute atomic E-state index is 0.267. The molecule has 1 saturated carbocycles. The van der Waals surface area contributed by atoms with Gasteiger partial charge in [0.25, 0.3) is 0 Å². The molecule has 1 aliphatic rings. The van der Waals surface area contributed by atoms with Crippen LogP contribution in [-0.4, -0.2) is 17.0 Å². The molecule has 1 aromatic rings. The van der Waals surface area contributed by atoms with Crippen molar-refractivity contribution in [3.05, 3.63) is 27.7 Å². The normalized spacial score (nSPS) is 22.3. The van der Waals surface area contributed by atoms with Gasteiger partial charge in [0.15, 0.2) is 0 Å². The SMILES string of the molecule is O=C(O)[C@H]1CCCC[C@H]1C(=O)Nc1cc(Br)ccc1Cl. The molecule has 6 heteroatoms. The van der Waals surface area contributed by atoms with Crippen molar-refractivity contribution in [3.8, 4) is 0 Å². The van der Waals surface area contributed by atoms with Crippen LogP contribution in [-0.2, 0) is 9.59 Å². The van der Waals surface area contributed by atoms with Gasteiger partial charge in [0.2, 0.25) is 5.91 Å². The molecular formula is C14H15BrClNO3. The fraction of sp³-hybridized carbons (Fsp3) is 0.429. The summed E-state index contributed by atoms with van der Waals surface area (Å²) >= 11 is 9.34. The number of hydrogen-bond acceptors (Lipinski definition) is 2. The first-order chi connectivity index (χ1) is 9.49. The van der Waals surface area contributed by atoms with Crippen LogP contribution in [0.4, 0.5) is 5.69 Å². The largest absolute Gasteiger partial charge is 0.481 e. The molecule has 1 aliphatic carbocycles. The summed E-state index contributed by atoms with van der Waals surface area (Å²) in [5.74, 6) is -2.26. The molecule has 4 nitrogen and oxygen atoms in total. The highest BCUT2D eigenvalue weighted by molar-refractivity contribution is 9.10. The molecule has 20 heavy (non-hydrogen) atoms. The number of nitrogens with one attached hydrogen (secondary N) is 1. The molecule has 1 amide bonds. The molecule has 2 rings (SSSR count). The van der Waals surface area contributed by atoms with E-state index in [-0.39, 0.29) is 5.91 Å². The standard InChI is InChI=1S/C14H15BrClNO3/c15-8-5-6-11(16)12(7-8)17-13(18)9-3-1-2-4-10(9)14(19)20/h5-7,9-10H,1-4H2,(H,17,18)(H,19,20)/t9-,10+/m1/s1. The minimum atomic E-state index is -0.898. The maximum atomic E-state index is 12.3. The maximum absolute atomic E-state index is 12.3. The zero-order valence-electron chi connectivity index (χ0n) is 10.7. The Morgan fingerprint density at radius 3 is 2.55 bits per heavy atom. The van der Waals surface area contributed by atoms with Gasteiger partial charge in [-0.05, 0) is 31.0 Å². The van der Waals surface area contributed by atoms with E-state index in [9.17, 15) is 14.7 Å². The minimum Gasteiger partial charge on any atom is -0.481 e. The van der Waals surface area contributed by atoms with E-state index in [1.54, 1.807) is 18.2 Å². The van der Waals surface area contributed by atoms with Crippen LogP contribution < -0.4 is 5.32 Å². The van der Waals surface area contributed by atoms with Crippen molar-refractivity contribution in [1.82, 2.24) is 0 Å². The number of aliphatic carboxylic acids is 1. The van der Waals surface area contributed by atoms with Gasteiger partial charge in [0, 0.05) is 4.47 Å². The number of halogens is 2. The van der Waals surface area contributed by atoms with E-state index in [1.165, 1.54) is 0 Å². The lowest BCUT2D eigenvalue weighted by Crippen LogP contribution is -2.36. The molecule has 2 N–H and O–H groups in total. The lowest BCUT2D eigenvalue weighted by Gasteiger charge is -2.27. The summed E-state index contributed by atoms with van der Waals surface area (Å²) in [6.45, 7) is 0. The summed E-state index contributed by atoms with van der Waals surface area (Å²) in [6.07, 6.45) is 2.90. The summed E-state index contributed by atoms with van der Waals surface area (Å²) in [5.41, 5.74) is 0.501. The van der Waals surface area contributed by atoms with Crippen LogP contribution in [0.15, 0.2) is 22.7 Å². The zero-order chi connectivity index (χ0) is 14.7. The quantitative estimate of drug-likeness (QED) is 0.858. The van der Waals surface area contributed by atoms with Crippen molar-refractivity contribution in [1.29, 1.82) is 0 Å². The molecule has 0 aliphatic heterocycles. The highest BCUT2D eigenvalue weighted by atomic mass is 79.9. The summed E-state index contributed by atoms with van der Waals surface area (Å²) in [6, 6.07) is 5.16. The molecule has 0 saturated heterocycles. The first-order valence-corrected chi connectivity index (χ1v) is 7.65. The van der Waals surface area contributed by atoms with Crippen LogP contribution in [0.1, 0.15) is 25.7 Å². The van der Waals surface area contributed by atoms with E-state index < -0.39 is 17.8 Å². The van der Waals surface area contributed by atoms with Gasteiger partial charge in [-0.1, -0.05) is 40.4 Å². The van der Waals surface area contributed by atoms with Gasteiger partial charge < -0.3 is 10.4 Å². The monoisotopic (exact) mass is 359 g/mol. The molecule has 1 fully saturated rings. The summed E-state index contributed by atoms with van der Waals surface area (Å²) in [5, 5.41) is 12.4. The fourth-order valence-corrected chi connectivity index (χ4v) is 3.08. The van der Waals surface area contributed by atoms with E-state index >= 15 is 0 Å². The number of carboxylic acid groups (broad SMARTS) is 1. The van der Waals surface area contributed by atoms with Crippen LogP contribution in [0.3, 0.4) is 0 Å². The predicted octanol–water partition coefficient (Wildman–Crippen LogP) is 3.93. The van der Waals surface area contributed by atoms with Crippen molar-refractivity contribution in [2.24, 2.45) is 11.8 Å². The smallest absolute Gasteiger partial charge is 0.307 e. The average molecular weight is 361 g/mol. The van der Waals surface area contributed by atoms with E-state index in [4.69, 9.17) is 11.6 Å². The van der Waals surface area contributed by atoms with Gasteiger partial charge >= 0.3 is 5.97 Å². The van der Waals surface area contributed by atoms with Crippen molar-refractivity contribution >= 4 is 45.1 Å². The van der Waals surface area contributed by atoms with Crippen molar-refractivity contribution in [2.75, 3.05) is 5.32 Å². The Morgan fingerprint density at radius 2 is 1.90 bits per heavy atom. The van der Waals surface area contributed by atoms with Crippen LogP contribution in [0.25, 0.3) is 0 Å². The molecule has 1 aromatic carbocycles. The number of amides is 1. The molecule has 2 atom stereocenters. The summed E-state index contributed by atoms with van der Waals surface area (Å²) in [7, 11) is 0. The molecule has 108 valence electrons. The number of rotatable bonds is 3. The molecule has 0 heterocycles. The Hall–Kier alpha value is -1.07. The van der Waals surface area contributed by atoms with Crippen LogP contribution in [0, 0.1) is 11.8 Å². The van der Waals surface area contributed by atoms with Gasteiger partial charge in [-0.25, -0.2) is 0 Å². The number of hydrogen-bond donors (Lipinski definition) is 2. The van der Waals surface area contributed by atoms with Gasteiger partial charge in [-0.3, -0.25) is 9.59 Å². The Kier molecular flexibility index (Phi) is 5.05. The predicted molar refractivity (Wildman–Crippen MR) is 80.9 cm³/mol. The summed E-state index contributed by atoms with van der Waals surface area (Å²) in [4.78, 5) is 23.5. The molecular weight excluding hydrogens is 346 g/mol. The van der Waals surface area contributed by atoms with Crippen molar-refractivity contribution in [2.45, 2.75) is 25.7 Å². The first kappa shape index (κ1) is 15.3. The van der Waals surface area contributed by atoms with Gasteiger partial charge in [0.05, 0.1) is 22.5 Å². The molecule has 0 spiro atoms. The molecule has 0 aromatic heterocycles. The topological polar surface area (TPSA) is 66.4 Å². The van der Waals surface area contributed by atoms with E-state index in [2.05, 4.69) is 21.2 Å². The Balaban J connectivity index is 2.14. The van der Waals surface area contributed by atoms with Crippen LogP contribution >= 0.6 is 27.5 Å². The second-order valence-corrected chi connectivity index (χ2v) is 6.27. The lowest BCUT2D eigenvalue weighted by molar-refractivity contribution is -0.147. The Bertz CT molecular complexity index is 535. The molecule has 0 bridgehead atoms. The third-order valence-corrected chi connectivity index (χ3v) is 4.43. The number of carbonyl (C=O) groups excluding carboxylic acids is 1. The van der Waals surface area contributed by atoms with E-state index in [0.29, 0.717) is 23.6 Å². The van der Waals surface area contributed by atoms with Crippen molar-refractivity contribution in [3.63, 3.8) is 0 Å². The number of carbonyl (C=O) groups is 2. The maximum Gasteiger partial charge on any atom is 0.307 e. The molecule has 0 unspecified atom stereocenters. The van der Waals surface area contributed by atoms with Gasteiger partial charge in [-0.15, -0.1) is 0 Å². The number of anilines is 1. The van der Waals surface area contributed by atoms with Crippen LogP contribution in [0.5, 0.6) is 0 Å². The Morgan fingerprint density at radius 1 is 1.25 bits per heavy atom. The van der Waals surface area contributed by atoms with E-state index in [0.717, 1.165) is 17.3 Å². The zero-order valence-corrected chi connectivity index (χ0v) is 13.1. The Labute approximate surface area is 130 Å². The first-order valence-electron chi connectivity index (χ1n) is 6.48. The second kappa shape index (κ2) is 6.59. The van der Waals surface area contributed by atoms with E-state index in [1.807, 2.05) is 0 Å². The number of carboxylic acids is 1. The molecule has 0 radical (unpaired) electrons. The van der Waals surface area contributed by atoms with Gasteiger partial charge in [0.1, 0.15) is 0 Å².